The van der Waals surface area contributed by atoms with Gasteiger partial charge in [0.25, 0.3) is 11.8 Å². The number of phenolic OH excluding ortho intramolecular Hbond substituents is 1. The molecule has 224 valence electrons. The van der Waals surface area contributed by atoms with Crippen molar-refractivity contribution >= 4 is 35.4 Å². The number of carbonyl (C=O) groups excluding carboxylic acids is 4. The van der Waals surface area contributed by atoms with Gasteiger partial charge in [-0.25, -0.2) is 4.79 Å². The Morgan fingerprint density at radius 3 is 2.21 bits per heavy atom. The number of rotatable bonds is 14. The van der Waals surface area contributed by atoms with E-state index < -0.39 is 17.8 Å². The predicted octanol–water partition coefficient (Wildman–Crippen LogP) is 5.75. The van der Waals surface area contributed by atoms with Gasteiger partial charge in [0, 0.05) is 36.5 Å². The fourth-order valence-corrected chi connectivity index (χ4v) is 4.81. The van der Waals surface area contributed by atoms with Gasteiger partial charge in [-0.1, -0.05) is 81.5 Å². The largest absolute Gasteiger partial charge is 0.507 e. The maximum Gasteiger partial charge on any atom is 0.328 e. The molecule has 1 aliphatic rings. The number of nitrogens with one attached hydrogen (secondary N) is 2. The lowest BCUT2D eigenvalue weighted by atomic mass is 9.99. The van der Waals surface area contributed by atoms with Gasteiger partial charge in [-0.15, -0.1) is 0 Å². The zero-order valence-electron chi connectivity index (χ0n) is 24.5. The molecule has 3 N–H and O–H groups in total. The van der Waals surface area contributed by atoms with Gasteiger partial charge < -0.3 is 14.7 Å². The summed E-state index contributed by atoms with van der Waals surface area (Å²) in [4.78, 5) is 50.6. The minimum atomic E-state index is -0.845. The molecule has 3 aromatic carbocycles. The Labute approximate surface area is 251 Å². The minimum absolute atomic E-state index is 0.131. The summed E-state index contributed by atoms with van der Waals surface area (Å²) in [6, 6.07) is 18.4. The van der Waals surface area contributed by atoms with Crippen molar-refractivity contribution in [3.8, 4) is 11.5 Å². The number of anilines is 1. The number of amides is 4. The molecule has 0 bridgehead atoms. The highest BCUT2D eigenvalue weighted by Gasteiger charge is 2.27. The van der Waals surface area contributed by atoms with Crippen LogP contribution < -0.4 is 20.3 Å². The van der Waals surface area contributed by atoms with Gasteiger partial charge in [-0.3, -0.25) is 25.0 Å². The highest BCUT2D eigenvalue weighted by atomic mass is 16.5. The van der Waals surface area contributed by atoms with Gasteiger partial charge >= 0.3 is 6.03 Å². The van der Waals surface area contributed by atoms with E-state index in [0.717, 1.165) is 30.5 Å². The van der Waals surface area contributed by atoms with E-state index in [9.17, 15) is 24.3 Å². The van der Waals surface area contributed by atoms with Gasteiger partial charge in [0.15, 0.2) is 5.78 Å². The van der Waals surface area contributed by atoms with E-state index in [2.05, 4.69) is 17.6 Å². The molecule has 3 aromatic rings. The smallest absolute Gasteiger partial charge is 0.328 e. The monoisotopic (exact) mass is 583 g/mol. The Balaban J connectivity index is 1.53. The molecule has 0 radical (unpaired) electrons. The van der Waals surface area contributed by atoms with Crippen molar-refractivity contribution < 1.29 is 29.0 Å². The standard InChI is InChI=1S/C34H37N3O6/c1-3-4-5-6-7-11-18-43-30-21-29(38)27(31(39)24-12-9-8-10-13-24)20-25(30)22-37(2)26-16-14-23(15-17-26)19-28-32(40)35-34(42)36-33(28)41/h8-10,12-17,19-21,38H,3-7,11,18,22H2,1-2H3,(H2,35,36,40,41,42). The van der Waals surface area contributed by atoms with E-state index in [1.165, 1.54) is 31.4 Å². The Morgan fingerprint density at radius 1 is 0.884 bits per heavy atom. The SMILES string of the molecule is CCCCCCCCOc1cc(O)c(C(=O)c2ccccc2)cc1CN(C)c1ccc(C=C2C(=O)NC(=O)NC2=O)cc1. The number of ketones is 1. The second-order valence-electron chi connectivity index (χ2n) is 10.5. The van der Waals surface area contributed by atoms with Crippen molar-refractivity contribution in [3.63, 3.8) is 0 Å². The van der Waals surface area contributed by atoms with Crippen LogP contribution in [-0.2, 0) is 16.1 Å². The summed E-state index contributed by atoms with van der Waals surface area (Å²) in [5.41, 5.74) is 2.71. The zero-order chi connectivity index (χ0) is 30.8. The van der Waals surface area contributed by atoms with Crippen molar-refractivity contribution in [3.05, 3.63) is 94.6 Å². The number of ether oxygens (including phenoxy) is 1. The van der Waals surface area contributed by atoms with E-state index >= 15 is 0 Å². The molecule has 1 saturated heterocycles. The summed E-state index contributed by atoms with van der Waals surface area (Å²) in [6.07, 6.45) is 8.16. The molecule has 0 aromatic heterocycles. The van der Waals surface area contributed by atoms with Crippen LogP contribution in [0.5, 0.6) is 11.5 Å². The third kappa shape index (κ3) is 8.31. The second-order valence-corrected chi connectivity index (χ2v) is 10.5. The summed E-state index contributed by atoms with van der Waals surface area (Å²) in [6.45, 7) is 3.08. The Bertz CT molecular complexity index is 1480. The van der Waals surface area contributed by atoms with Crippen LogP contribution in [-0.4, -0.2) is 42.4 Å². The van der Waals surface area contributed by atoms with E-state index in [4.69, 9.17) is 4.74 Å². The van der Waals surface area contributed by atoms with Crippen molar-refractivity contribution in [2.45, 2.75) is 52.0 Å². The fourth-order valence-electron chi connectivity index (χ4n) is 4.81. The van der Waals surface area contributed by atoms with Crippen molar-refractivity contribution in [2.75, 3.05) is 18.6 Å². The number of hydrogen-bond donors (Lipinski definition) is 3. The summed E-state index contributed by atoms with van der Waals surface area (Å²) < 4.78 is 6.13. The Morgan fingerprint density at radius 2 is 1.53 bits per heavy atom. The summed E-state index contributed by atoms with van der Waals surface area (Å²) in [7, 11) is 1.89. The molecule has 1 aliphatic heterocycles. The highest BCUT2D eigenvalue weighted by molar-refractivity contribution is 6.31. The molecular formula is C34H37N3O6. The van der Waals surface area contributed by atoms with Crippen molar-refractivity contribution in [1.82, 2.24) is 10.6 Å². The normalized spacial score (nSPS) is 12.9. The third-order valence-electron chi connectivity index (χ3n) is 7.21. The number of urea groups is 1. The fraction of sp³-hybridized carbons (Fsp3) is 0.294. The number of aromatic hydroxyl groups is 1. The van der Waals surface area contributed by atoms with Crippen LogP contribution in [0.1, 0.15) is 72.5 Å². The lowest BCUT2D eigenvalue weighted by Gasteiger charge is -2.22. The Kier molecular flexibility index (Phi) is 10.7. The number of carbonyl (C=O) groups is 4. The molecule has 9 heteroatoms. The molecule has 0 unspecified atom stereocenters. The van der Waals surface area contributed by atoms with Crippen LogP contribution in [0.3, 0.4) is 0 Å². The van der Waals surface area contributed by atoms with E-state index in [1.54, 1.807) is 42.5 Å². The van der Waals surface area contributed by atoms with Crippen LogP contribution in [0.15, 0.2) is 72.3 Å². The maximum absolute atomic E-state index is 13.2. The molecule has 4 rings (SSSR count). The number of hydrogen-bond acceptors (Lipinski definition) is 7. The molecule has 9 nitrogen and oxygen atoms in total. The minimum Gasteiger partial charge on any atom is -0.507 e. The molecule has 1 heterocycles. The molecule has 0 spiro atoms. The number of benzene rings is 3. The molecule has 4 amide bonds. The number of unbranched alkanes of at least 4 members (excludes halogenated alkanes) is 5. The van der Waals surface area contributed by atoms with Crippen LogP contribution in [0.4, 0.5) is 10.5 Å². The van der Waals surface area contributed by atoms with Crippen molar-refractivity contribution in [1.29, 1.82) is 0 Å². The van der Waals surface area contributed by atoms with Crippen LogP contribution >= 0.6 is 0 Å². The lowest BCUT2D eigenvalue weighted by Crippen LogP contribution is -2.51. The van der Waals surface area contributed by atoms with Gasteiger partial charge in [-0.2, -0.15) is 0 Å². The van der Waals surface area contributed by atoms with Crippen LogP contribution in [0, 0.1) is 0 Å². The quantitative estimate of drug-likeness (QED) is 0.0955. The third-order valence-corrected chi connectivity index (χ3v) is 7.21. The first-order valence-corrected chi connectivity index (χ1v) is 14.5. The first-order valence-electron chi connectivity index (χ1n) is 14.5. The maximum atomic E-state index is 13.2. The summed E-state index contributed by atoms with van der Waals surface area (Å²) >= 11 is 0. The molecule has 0 aliphatic carbocycles. The average Bonchev–Trinajstić information content (AvgIpc) is 3.00. The Hall–Kier alpha value is -4.92. The van der Waals surface area contributed by atoms with Gasteiger partial charge in [0.2, 0.25) is 0 Å². The van der Waals surface area contributed by atoms with E-state index in [1.807, 2.05) is 30.1 Å². The average molecular weight is 584 g/mol. The number of imide groups is 2. The van der Waals surface area contributed by atoms with Gasteiger partial charge in [0.05, 0.1) is 12.2 Å². The summed E-state index contributed by atoms with van der Waals surface area (Å²) in [5, 5.41) is 14.9. The number of phenols is 1. The van der Waals surface area contributed by atoms with Gasteiger partial charge in [-0.05, 0) is 36.3 Å². The zero-order valence-corrected chi connectivity index (χ0v) is 24.5. The molecule has 0 saturated carbocycles. The van der Waals surface area contributed by atoms with Crippen LogP contribution in [0.25, 0.3) is 6.08 Å². The van der Waals surface area contributed by atoms with E-state index in [-0.39, 0.29) is 22.7 Å². The lowest BCUT2D eigenvalue weighted by molar-refractivity contribution is -0.123. The van der Waals surface area contributed by atoms with Crippen LogP contribution in [0.2, 0.25) is 0 Å². The number of nitrogens with zero attached hydrogens (tertiary/aromatic N) is 1. The molecule has 1 fully saturated rings. The predicted molar refractivity (Wildman–Crippen MR) is 165 cm³/mol. The molecule has 43 heavy (non-hydrogen) atoms. The second kappa shape index (κ2) is 14.8. The molecule has 0 atom stereocenters. The first-order chi connectivity index (χ1) is 20.8. The topological polar surface area (TPSA) is 125 Å². The van der Waals surface area contributed by atoms with Crippen molar-refractivity contribution in [2.24, 2.45) is 0 Å². The summed E-state index contributed by atoms with van der Waals surface area (Å²) in [5.74, 6) is -1.39. The molecular weight excluding hydrogens is 546 g/mol. The van der Waals surface area contributed by atoms with Gasteiger partial charge in [0.1, 0.15) is 17.1 Å². The first kappa shape index (κ1) is 31.0. The highest BCUT2D eigenvalue weighted by Crippen LogP contribution is 2.32. The van der Waals surface area contributed by atoms with E-state index in [0.29, 0.717) is 30.0 Å². The number of barbiturate groups is 1.